The summed E-state index contributed by atoms with van der Waals surface area (Å²) in [6.45, 7) is 3.49. The van der Waals surface area contributed by atoms with Crippen LogP contribution in [0.5, 0.6) is 0 Å². The van der Waals surface area contributed by atoms with Crippen molar-refractivity contribution < 1.29 is 14.7 Å². The number of amides is 1. The van der Waals surface area contributed by atoms with Gasteiger partial charge in [-0.1, -0.05) is 96.0 Å². The van der Waals surface area contributed by atoms with Gasteiger partial charge in [0.25, 0.3) is 0 Å². The molecule has 5 rings (SSSR count). The minimum absolute atomic E-state index is 0.568. The molecule has 0 unspecified atom stereocenters. The lowest BCUT2D eigenvalue weighted by atomic mass is 9.99. The third-order valence-electron chi connectivity index (χ3n) is 6.45. The standard InChI is InChI=1S/C18H19ClN2O2.C13H9ClO/c19-16-7-5-14(6-8-16)17-4-2-1-3-15(17)13-20-9-11-21(12-10-20)18(22)23;14-12-7-5-10(6-8-12)13-4-2-1-3-11(13)9-15/h1-8H,9-13H2,(H,22,23);1-9H. The van der Waals surface area contributed by atoms with E-state index in [-0.39, 0.29) is 0 Å². The van der Waals surface area contributed by atoms with Gasteiger partial charge in [0.1, 0.15) is 0 Å². The van der Waals surface area contributed by atoms with Crippen molar-refractivity contribution in [2.24, 2.45) is 0 Å². The monoisotopic (exact) mass is 546 g/mol. The first kappa shape index (κ1) is 27.4. The van der Waals surface area contributed by atoms with Crippen molar-refractivity contribution >= 4 is 35.6 Å². The van der Waals surface area contributed by atoms with Crippen LogP contribution in [0.2, 0.25) is 10.0 Å². The molecular formula is C31H28Cl2N2O3. The summed E-state index contributed by atoms with van der Waals surface area (Å²) in [6.07, 6.45) is 0.0374. The van der Waals surface area contributed by atoms with Gasteiger partial charge in [0, 0.05) is 48.3 Å². The quantitative estimate of drug-likeness (QED) is 0.261. The highest BCUT2D eigenvalue weighted by molar-refractivity contribution is 6.30. The lowest BCUT2D eigenvalue weighted by Gasteiger charge is -2.33. The van der Waals surface area contributed by atoms with Gasteiger partial charge >= 0.3 is 6.09 Å². The molecule has 194 valence electrons. The van der Waals surface area contributed by atoms with Crippen LogP contribution in [-0.4, -0.2) is 53.5 Å². The Morgan fingerprint density at radius 2 is 1.21 bits per heavy atom. The Labute approximate surface area is 232 Å². The fraction of sp³-hybridized carbons (Fsp3) is 0.161. The average Bonchev–Trinajstić information content (AvgIpc) is 2.95. The van der Waals surface area contributed by atoms with E-state index in [2.05, 4.69) is 17.0 Å². The molecule has 1 fully saturated rings. The first-order valence-electron chi connectivity index (χ1n) is 12.3. The SMILES string of the molecule is O=C(O)N1CCN(Cc2ccccc2-c2ccc(Cl)cc2)CC1.O=Cc1ccccc1-c1ccc(Cl)cc1. The summed E-state index contributed by atoms with van der Waals surface area (Å²) in [6, 6.07) is 31.1. The van der Waals surface area contributed by atoms with E-state index in [1.54, 1.807) is 6.07 Å². The second-order valence-electron chi connectivity index (χ2n) is 8.92. The molecule has 4 aromatic rings. The van der Waals surface area contributed by atoms with Crippen molar-refractivity contribution in [3.05, 3.63) is 118 Å². The largest absolute Gasteiger partial charge is 0.465 e. The third kappa shape index (κ3) is 7.23. The summed E-state index contributed by atoms with van der Waals surface area (Å²) in [5, 5.41) is 10.5. The fourth-order valence-corrected chi connectivity index (χ4v) is 4.65. The van der Waals surface area contributed by atoms with Crippen molar-refractivity contribution in [1.29, 1.82) is 0 Å². The van der Waals surface area contributed by atoms with E-state index in [0.29, 0.717) is 23.7 Å². The number of carboxylic acid groups (broad SMARTS) is 1. The number of piperazine rings is 1. The number of carbonyl (C=O) groups is 2. The van der Waals surface area contributed by atoms with Crippen LogP contribution in [0.4, 0.5) is 4.79 Å². The number of rotatable bonds is 5. The lowest BCUT2D eigenvalue weighted by molar-refractivity contribution is 0.103. The predicted octanol–water partition coefficient (Wildman–Crippen LogP) is 7.62. The first-order chi connectivity index (χ1) is 18.4. The van der Waals surface area contributed by atoms with Gasteiger partial charge in [-0.05, 0) is 52.1 Å². The third-order valence-corrected chi connectivity index (χ3v) is 6.96. The van der Waals surface area contributed by atoms with Gasteiger partial charge in [-0.3, -0.25) is 9.69 Å². The van der Waals surface area contributed by atoms with Crippen LogP contribution in [0, 0.1) is 0 Å². The molecule has 0 spiro atoms. The second kappa shape index (κ2) is 13.2. The molecule has 1 aliphatic heterocycles. The Hall–Kier alpha value is -3.64. The van der Waals surface area contributed by atoms with Crippen molar-refractivity contribution in [2.45, 2.75) is 6.54 Å². The number of aldehydes is 1. The molecule has 0 aliphatic carbocycles. The molecule has 1 aliphatic rings. The Kier molecular flexibility index (Phi) is 9.55. The molecular weight excluding hydrogens is 519 g/mol. The Morgan fingerprint density at radius 1 is 0.711 bits per heavy atom. The van der Waals surface area contributed by atoms with Gasteiger partial charge in [-0.25, -0.2) is 4.79 Å². The minimum atomic E-state index is -0.828. The van der Waals surface area contributed by atoms with Crippen LogP contribution in [-0.2, 0) is 6.54 Å². The average molecular weight is 547 g/mol. The second-order valence-corrected chi connectivity index (χ2v) is 9.79. The Balaban J connectivity index is 0.000000194. The maximum Gasteiger partial charge on any atom is 0.407 e. The lowest BCUT2D eigenvalue weighted by Crippen LogP contribution is -2.47. The maximum absolute atomic E-state index is 11.0. The normalized spacial score (nSPS) is 13.4. The highest BCUT2D eigenvalue weighted by Crippen LogP contribution is 2.27. The molecule has 38 heavy (non-hydrogen) atoms. The zero-order chi connectivity index (χ0) is 26.9. The molecule has 0 saturated carbocycles. The first-order valence-corrected chi connectivity index (χ1v) is 13.0. The summed E-state index contributed by atoms with van der Waals surface area (Å²) in [5.41, 5.74) is 6.23. The highest BCUT2D eigenvalue weighted by Gasteiger charge is 2.21. The van der Waals surface area contributed by atoms with Crippen molar-refractivity contribution in [3.63, 3.8) is 0 Å². The fourth-order valence-electron chi connectivity index (χ4n) is 4.40. The summed E-state index contributed by atoms with van der Waals surface area (Å²) in [4.78, 5) is 25.6. The van der Waals surface area contributed by atoms with Gasteiger partial charge in [-0.2, -0.15) is 0 Å². The van der Waals surface area contributed by atoms with Crippen LogP contribution in [0.1, 0.15) is 15.9 Å². The van der Waals surface area contributed by atoms with Crippen LogP contribution < -0.4 is 0 Å². The molecule has 0 aromatic heterocycles. The van der Waals surface area contributed by atoms with Crippen molar-refractivity contribution in [3.8, 4) is 22.3 Å². The zero-order valence-electron chi connectivity index (χ0n) is 20.8. The number of hydrogen-bond acceptors (Lipinski definition) is 3. The topological polar surface area (TPSA) is 60.9 Å². The zero-order valence-corrected chi connectivity index (χ0v) is 22.3. The van der Waals surface area contributed by atoms with Gasteiger partial charge in [0.05, 0.1) is 0 Å². The molecule has 7 heteroatoms. The van der Waals surface area contributed by atoms with Crippen molar-refractivity contribution in [2.75, 3.05) is 26.2 Å². The van der Waals surface area contributed by atoms with Gasteiger partial charge < -0.3 is 10.0 Å². The Morgan fingerprint density at radius 3 is 1.76 bits per heavy atom. The van der Waals surface area contributed by atoms with Crippen LogP contribution in [0.25, 0.3) is 22.3 Å². The molecule has 1 amide bonds. The molecule has 1 saturated heterocycles. The number of benzene rings is 4. The smallest absolute Gasteiger partial charge is 0.407 e. The summed E-state index contributed by atoms with van der Waals surface area (Å²) < 4.78 is 0. The summed E-state index contributed by atoms with van der Waals surface area (Å²) in [7, 11) is 0. The van der Waals surface area contributed by atoms with E-state index in [4.69, 9.17) is 28.3 Å². The van der Waals surface area contributed by atoms with E-state index in [1.165, 1.54) is 16.0 Å². The minimum Gasteiger partial charge on any atom is -0.465 e. The number of carbonyl (C=O) groups excluding carboxylic acids is 1. The van der Waals surface area contributed by atoms with Crippen LogP contribution in [0.3, 0.4) is 0 Å². The number of hydrogen-bond donors (Lipinski definition) is 1. The summed E-state index contributed by atoms with van der Waals surface area (Å²) >= 11 is 11.8. The highest BCUT2D eigenvalue weighted by atomic mass is 35.5. The predicted molar refractivity (Wildman–Crippen MR) is 154 cm³/mol. The molecule has 0 bridgehead atoms. The van der Waals surface area contributed by atoms with E-state index in [9.17, 15) is 9.59 Å². The maximum atomic E-state index is 11.0. The molecule has 1 N–H and O–H groups in total. The van der Waals surface area contributed by atoms with E-state index in [0.717, 1.165) is 47.6 Å². The molecule has 4 aromatic carbocycles. The van der Waals surface area contributed by atoms with Gasteiger partial charge in [0.2, 0.25) is 0 Å². The van der Waals surface area contributed by atoms with Crippen LogP contribution >= 0.6 is 23.2 Å². The molecule has 0 atom stereocenters. The van der Waals surface area contributed by atoms with Crippen molar-refractivity contribution in [1.82, 2.24) is 9.80 Å². The van der Waals surface area contributed by atoms with Gasteiger partial charge in [-0.15, -0.1) is 0 Å². The summed E-state index contributed by atoms with van der Waals surface area (Å²) in [5.74, 6) is 0. The number of nitrogens with zero attached hydrogens (tertiary/aromatic N) is 2. The molecule has 5 nitrogen and oxygen atoms in total. The Bertz CT molecular complexity index is 1370. The van der Waals surface area contributed by atoms with E-state index < -0.39 is 6.09 Å². The number of halogens is 2. The van der Waals surface area contributed by atoms with Gasteiger partial charge in [0.15, 0.2) is 6.29 Å². The van der Waals surface area contributed by atoms with Crippen LogP contribution in [0.15, 0.2) is 97.1 Å². The van der Waals surface area contributed by atoms with E-state index in [1.807, 2.05) is 78.9 Å². The van der Waals surface area contributed by atoms with E-state index >= 15 is 0 Å². The molecule has 0 radical (unpaired) electrons. The molecule has 1 heterocycles.